The Bertz CT molecular complexity index is 1010. The van der Waals surface area contributed by atoms with E-state index in [1.165, 1.54) is 0 Å². The van der Waals surface area contributed by atoms with Crippen molar-refractivity contribution in [3.05, 3.63) is 76.2 Å². The number of sulfone groups is 1. The lowest BCUT2D eigenvalue weighted by molar-refractivity contribution is 0.301. The Morgan fingerprint density at radius 2 is 1.59 bits per heavy atom. The summed E-state index contributed by atoms with van der Waals surface area (Å²) in [5.41, 5.74) is 4.61. The number of hydrogen-bond acceptors (Lipinski definition) is 5. The highest BCUT2D eigenvalue weighted by Crippen LogP contribution is 2.22. The van der Waals surface area contributed by atoms with E-state index in [4.69, 9.17) is 9.26 Å². The van der Waals surface area contributed by atoms with Crippen molar-refractivity contribution >= 4 is 9.84 Å². The second-order valence-corrected chi connectivity index (χ2v) is 8.81. The summed E-state index contributed by atoms with van der Waals surface area (Å²) in [6, 6.07) is 12.4. The van der Waals surface area contributed by atoms with Gasteiger partial charge in [-0.15, -0.1) is 0 Å². The summed E-state index contributed by atoms with van der Waals surface area (Å²) in [6.07, 6.45) is 0. The van der Waals surface area contributed by atoms with Crippen molar-refractivity contribution in [2.24, 2.45) is 0 Å². The van der Waals surface area contributed by atoms with Gasteiger partial charge in [0.15, 0.2) is 9.84 Å². The highest BCUT2D eigenvalue weighted by atomic mass is 32.2. The van der Waals surface area contributed by atoms with Crippen LogP contribution in [0.4, 0.5) is 0 Å². The van der Waals surface area contributed by atoms with Crippen LogP contribution < -0.4 is 4.74 Å². The third kappa shape index (κ3) is 4.57. The third-order valence-corrected chi connectivity index (χ3v) is 6.09. The fourth-order valence-corrected chi connectivity index (χ4v) is 4.38. The molecule has 142 valence electrons. The van der Waals surface area contributed by atoms with E-state index < -0.39 is 9.84 Å². The minimum atomic E-state index is -3.42. The molecule has 0 fully saturated rings. The lowest BCUT2D eigenvalue weighted by Crippen LogP contribution is -2.05. The van der Waals surface area contributed by atoms with Crippen LogP contribution in [0.2, 0.25) is 0 Å². The Kier molecular flexibility index (Phi) is 5.37. The first kappa shape index (κ1) is 19.2. The van der Waals surface area contributed by atoms with Crippen molar-refractivity contribution < 1.29 is 17.7 Å². The van der Waals surface area contributed by atoms with Crippen molar-refractivity contribution in [2.45, 2.75) is 45.0 Å². The predicted octanol–water partition coefficient (Wildman–Crippen LogP) is 4.46. The molecule has 0 radical (unpaired) electrons. The van der Waals surface area contributed by atoms with Gasteiger partial charge in [0.25, 0.3) is 0 Å². The molecule has 0 unspecified atom stereocenters. The molecule has 27 heavy (non-hydrogen) atoms. The molecule has 3 aromatic rings. The molecule has 5 nitrogen and oxygen atoms in total. The average Bonchev–Trinajstić information content (AvgIpc) is 2.90. The normalized spacial score (nSPS) is 11.6. The summed E-state index contributed by atoms with van der Waals surface area (Å²) < 4.78 is 36.3. The zero-order chi connectivity index (χ0) is 19.6. The molecule has 6 heteroatoms. The van der Waals surface area contributed by atoms with E-state index in [2.05, 4.69) is 5.16 Å². The number of rotatable bonds is 6. The zero-order valence-electron chi connectivity index (χ0n) is 15.9. The van der Waals surface area contributed by atoms with Gasteiger partial charge in [0.2, 0.25) is 0 Å². The van der Waals surface area contributed by atoms with Gasteiger partial charge in [-0.05, 0) is 57.5 Å². The fraction of sp³-hybridized carbons (Fsp3) is 0.286. The summed E-state index contributed by atoms with van der Waals surface area (Å²) in [5.74, 6) is 1.30. The SMILES string of the molecule is Cc1cc(C)cc(CS(=O)(=O)c2ccc(OCc3c(C)noc3C)cc2)c1. The third-order valence-electron chi connectivity index (χ3n) is 4.39. The molecular weight excluding hydrogens is 362 g/mol. The van der Waals surface area contributed by atoms with Gasteiger partial charge in [-0.25, -0.2) is 8.42 Å². The maximum atomic E-state index is 12.7. The Morgan fingerprint density at radius 1 is 0.963 bits per heavy atom. The molecule has 1 heterocycles. The molecule has 3 rings (SSSR count). The van der Waals surface area contributed by atoms with Crippen LogP contribution in [-0.4, -0.2) is 13.6 Å². The minimum Gasteiger partial charge on any atom is -0.489 e. The zero-order valence-corrected chi connectivity index (χ0v) is 16.8. The molecule has 0 amide bonds. The first-order valence-electron chi connectivity index (χ1n) is 8.69. The lowest BCUT2D eigenvalue weighted by atomic mass is 10.1. The quantitative estimate of drug-likeness (QED) is 0.626. The largest absolute Gasteiger partial charge is 0.489 e. The molecule has 0 aliphatic rings. The lowest BCUT2D eigenvalue weighted by Gasteiger charge is -2.09. The molecule has 1 aromatic heterocycles. The van der Waals surface area contributed by atoms with Crippen molar-refractivity contribution in [3.63, 3.8) is 0 Å². The van der Waals surface area contributed by atoms with E-state index in [9.17, 15) is 8.42 Å². The van der Waals surface area contributed by atoms with Crippen LogP contribution >= 0.6 is 0 Å². The van der Waals surface area contributed by atoms with Crippen LogP contribution in [-0.2, 0) is 22.2 Å². The van der Waals surface area contributed by atoms with E-state index in [-0.39, 0.29) is 10.6 Å². The van der Waals surface area contributed by atoms with Crippen LogP contribution in [0.5, 0.6) is 5.75 Å². The molecule has 0 N–H and O–H groups in total. The maximum Gasteiger partial charge on any atom is 0.182 e. The van der Waals surface area contributed by atoms with Crippen LogP contribution in [0, 0.1) is 27.7 Å². The van der Waals surface area contributed by atoms with Crippen molar-refractivity contribution in [1.82, 2.24) is 5.16 Å². The Morgan fingerprint density at radius 3 is 2.15 bits per heavy atom. The Hall–Kier alpha value is -2.60. The van der Waals surface area contributed by atoms with Crippen LogP contribution in [0.15, 0.2) is 51.9 Å². The first-order valence-corrected chi connectivity index (χ1v) is 10.3. The Balaban J connectivity index is 1.72. The summed E-state index contributed by atoms with van der Waals surface area (Å²) in [6.45, 7) is 7.96. The molecule has 2 aromatic carbocycles. The molecule has 0 spiro atoms. The average molecular weight is 385 g/mol. The smallest absolute Gasteiger partial charge is 0.182 e. The number of aryl methyl sites for hydroxylation is 4. The maximum absolute atomic E-state index is 12.7. The molecule has 0 saturated carbocycles. The minimum absolute atomic E-state index is 0.0190. The summed E-state index contributed by atoms with van der Waals surface area (Å²) in [7, 11) is -3.42. The van der Waals surface area contributed by atoms with Crippen molar-refractivity contribution in [1.29, 1.82) is 0 Å². The molecule has 0 aliphatic heterocycles. The van der Waals surface area contributed by atoms with Crippen LogP contribution in [0.3, 0.4) is 0 Å². The van der Waals surface area contributed by atoms with Crippen molar-refractivity contribution in [3.8, 4) is 5.75 Å². The Labute approximate surface area is 159 Å². The van der Waals surface area contributed by atoms with Crippen LogP contribution in [0.1, 0.15) is 33.7 Å². The molecule has 0 saturated heterocycles. The molecule has 0 atom stereocenters. The van der Waals surface area contributed by atoms with Gasteiger partial charge >= 0.3 is 0 Å². The summed E-state index contributed by atoms with van der Waals surface area (Å²) in [4.78, 5) is 0.284. The van der Waals surface area contributed by atoms with Gasteiger partial charge in [-0.3, -0.25) is 0 Å². The van der Waals surface area contributed by atoms with E-state index in [0.717, 1.165) is 33.7 Å². The standard InChI is InChI=1S/C21H23NO4S/c1-14-9-15(2)11-18(10-14)13-27(23,24)20-7-5-19(6-8-20)25-12-21-16(3)22-26-17(21)4/h5-11H,12-13H2,1-4H3. The predicted molar refractivity (Wildman–Crippen MR) is 104 cm³/mol. The van der Waals surface area contributed by atoms with E-state index in [1.807, 2.05) is 45.9 Å². The second kappa shape index (κ2) is 7.56. The highest BCUT2D eigenvalue weighted by molar-refractivity contribution is 7.90. The fourth-order valence-electron chi connectivity index (χ4n) is 3.06. The van der Waals surface area contributed by atoms with Gasteiger partial charge < -0.3 is 9.26 Å². The van der Waals surface area contributed by atoms with Gasteiger partial charge in [-0.1, -0.05) is 34.5 Å². The molecule has 0 bridgehead atoms. The van der Waals surface area contributed by atoms with Crippen molar-refractivity contribution in [2.75, 3.05) is 0 Å². The molecule has 0 aliphatic carbocycles. The number of hydrogen-bond donors (Lipinski definition) is 0. The number of ether oxygens (including phenoxy) is 1. The number of aromatic nitrogens is 1. The monoisotopic (exact) mass is 385 g/mol. The first-order chi connectivity index (χ1) is 12.7. The van der Waals surface area contributed by atoms with E-state index in [1.54, 1.807) is 24.3 Å². The van der Waals surface area contributed by atoms with Gasteiger partial charge in [0.1, 0.15) is 18.1 Å². The van der Waals surface area contributed by atoms with Gasteiger partial charge in [0, 0.05) is 0 Å². The summed E-state index contributed by atoms with van der Waals surface area (Å²) >= 11 is 0. The molecular formula is C21H23NO4S. The van der Waals surface area contributed by atoms with Gasteiger partial charge in [0.05, 0.1) is 21.9 Å². The number of benzene rings is 2. The van der Waals surface area contributed by atoms with Crippen LogP contribution in [0.25, 0.3) is 0 Å². The second-order valence-electron chi connectivity index (χ2n) is 6.82. The van der Waals surface area contributed by atoms with E-state index >= 15 is 0 Å². The van der Waals surface area contributed by atoms with Gasteiger partial charge in [-0.2, -0.15) is 0 Å². The summed E-state index contributed by atoms with van der Waals surface area (Å²) in [5, 5.41) is 3.89. The topological polar surface area (TPSA) is 69.4 Å². The number of nitrogens with zero attached hydrogens (tertiary/aromatic N) is 1. The highest BCUT2D eigenvalue weighted by Gasteiger charge is 2.16. The van der Waals surface area contributed by atoms with E-state index in [0.29, 0.717) is 12.4 Å².